The monoisotopic (exact) mass is 349 g/mol. The molecule has 2 aliphatic carbocycles. The second kappa shape index (κ2) is 5.72. The van der Waals surface area contributed by atoms with Gasteiger partial charge in [0.25, 0.3) is 5.91 Å². The van der Waals surface area contributed by atoms with Crippen molar-refractivity contribution in [2.24, 2.45) is 11.3 Å². The standard InChI is InChI=1S/C19H24ClNO3/c1-2-19(23,12-5-3-6-13(20)11-12)17(22)21-15-14-7-10-24-16(14)18(15)8-4-9-18/h3,5-6,11,14-16,23H,2,4,7-10H2,1H3,(H,21,22)/t14-,15-,16-,19-/m1/s1. The van der Waals surface area contributed by atoms with Crippen LogP contribution in [0.3, 0.4) is 0 Å². The Morgan fingerprint density at radius 3 is 2.92 bits per heavy atom. The van der Waals surface area contributed by atoms with Gasteiger partial charge < -0.3 is 15.2 Å². The Morgan fingerprint density at radius 2 is 2.29 bits per heavy atom. The number of hydrogen-bond donors (Lipinski definition) is 2. The van der Waals surface area contributed by atoms with Crippen molar-refractivity contribution in [3.8, 4) is 0 Å². The zero-order valence-electron chi connectivity index (χ0n) is 13.9. The molecule has 1 heterocycles. The molecule has 130 valence electrons. The smallest absolute Gasteiger partial charge is 0.256 e. The molecule has 4 atom stereocenters. The number of aliphatic hydroxyl groups is 1. The van der Waals surface area contributed by atoms with Gasteiger partial charge in [0.2, 0.25) is 0 Å². The van der Waals surface area contributed by atoms with Crippen LogP contribution in [0.1, 0.15) is 44.6 Å². The Bertz CT molecular complexity index is 660. The summed E-state index contributed by atoms with van der Waals surface area (Å²) < 4.78 is 5.90. The van der Waals surface area contributed by atoms with E-state index in [1.807, 2.05) is 6.92 Å². The summed E-state index contributed by atoms with van der Waals surface area (Å²) in [5.74, 6) is 0.0867. The van der Waals surface area contributed by atoms with Crippen LogP contribution in [0.15, 0.2) is 24.3 Å². The second-order valence-electron chi connectivity index (χ2n) is 7.51. The van der Waals surface area contributed by atoms with Crippen molar-refractivity contribution in [2.45, 2.75) is 56.8 Å². The van der Waals surface area contributed by atoms with Gasteiger partial charge in [0.1, 0.15) is 0 Å². The van der Waals surface area contributed by atoms with Crippen molar-refractivity contribution in [2.75, 3.05) is 6.61 Å². The van der Waals surface area contributed by atoms with E-state index < -0.39 is 5.60 Å². The molecule has 1 aliphatic heterocycles. The van der Waals surface area contributed by atoms with Gasteiger partial charge in [-0.25, -0.2) is 0 Å². The lowest BCUT2D eigenvalue weighted by Gasteiger charge is -2.63. The first-order chi connectivity index (χ1) is 11.5. The van der Waals surface area contributed by atoms with Gasteiger partial charge in [-0.2, -0.15) is 0 Å². The second-order valence-corrected chi connectivity index (χ2v) is 7.94. The highest BCUT2D eigenvalue weighted by Gasteiger charge is 2.67. The van der Waals surface area contributed by atoms with Gasteiger partial charge in [-0.05, 0) is 43.4 Å². The first kappa shape index (κ1) is 16.4. The van der Waals surface area contributed by atoms with Gasteiger partial charge in [-0.1, -0.05) is 37.1 Å². The Kier molecular flexibility index (Phi) is 3.90. The largest absolute Gasteiger partial charge is 0.377 e. The molecule has 3 fully saturated rings. The van der Waals surface area contributed by atoms with E-state index in [9.17, 15) is 9.90 Å². The molecule has 1 aromatic carbocycles. The highest BCUT2D eigenvalue weighted by molar-refractivity contribution is 6.30. The predicted molar refractivity (Wildman–Crippen MR) is 91.7 cm³/mol. The molecular formula is C19H24ClNO3. The van der Waals surface area contributed by atoms with E-state index in [2.05, 4.69) is 5.32 Å². The average Bonchev–Trinajstić information content (AvgIpc) is 2.95. The van der Waals surface area contributed by atoms with Crippen LogP contribution in [0.4, 0.5) is 0 Å². The number of ether oxygens (including phenoxy) is 1. The molecule has 0 aromatic heterocycles. The molecule has 0 unspecified atom stereocenters. The van der Waals surface area contributed by atoms with Crippen molar-refractivity contribution in [3.63, 3.8) is 0 Å². The maximum absolute atomic E-state index is 13.0. The summed E-state index contributed by atoms with van der Waals surface area (Å²) in [5.41, 5.74) is -0.878. The zero-order valence-corrected chi connectivity index (χ0v) is 14.7. The van der Waals surface area contributed by atoms with E-state index in [0.717, 1.165) is 25.9 Å². The van der Waals surface area contributed by atoms with Crippen LogP contribution in [0.25, 0.3) is 0 Å². The minimum atomic E-state index is -1.54. The van der Waals surface area contributed by atoms with Gasteiger partial charge in [-0.15, -0.1) is 0 Å². The van der Waals surface area contributed by atoms with E-state index in [1.165, 1.54) is 6.42 Å². The van der Waals surface area contributed by atoms with Crippen molar-refractivity contribution >= 4 is 17.5 Å². The summed E-state index contributed by atoms with van der Waals surface area (Å²) in [4.78, 5) is 13.0. The third kappa shape index (κ3) is 2.16. The summed E-state index contributed by atoms with van der Waals surface area (Å²) in [6.07, 6.45) is 5.03. The fraction of sp³-hybridized carbons (Fsp3) is 0.632. The molecule has 1 amide bonds. The number of hydrogen-bond acceptors (Lipinski definition) is 3. The van der Waals surface area contributed by atoms with Gasteiger partial charge in [-0.3, -0.25) is 4.79 Å². The molecule has 0 bridgehead atoms. The van der Waals surface area contributed by atoms with Crippen molar-refractivity contribution < 1.29 is 14.6 Å². The van der Waals surface area contributed by atoms with Crippen molar-refractivity contribution in [1.82, 2.24) is 5.32 Å². The number of halogens is 1. The normalized spacial score (nSPS) is 32.4. The summed E-state index contributed by atoms with van der Waals surface area (Å²) in [7, 11) is 0. The van der Waals surface area contributed by atoms with Gasteiger partial charge >= 0.3 is 0 Å². The Balaban J connectivity index is 1.56. The van der Waals surface area contributed by atoms with Crippen LogP contribution in [-0.4, -0.2) is 29.8 Å². The molecule has 3 aliphatic rings. The fourth-order valence-electron chi connectivity index (χ4n) is 4.96. The van der Waals surface area contributed by atoms with E-state index in [1.54, 1.807) is 24.3 Å². The maximum atomic E-state index is 13.0. The molecule has 1 spiro atoms. The number of carbonyl (C=O) groups excluding carboxylic acids is 1. The topological polar surface area (TPSA) is 58.6 Å². The van der Waals surface area contributed by atoms with Crippen LogP contribution < -0.4 is 5.32 Å². The molecule has 0 radical (unpaired) electrons. The summed E-state index contributed by atoms with van der Waals surface area (Å²) in [6, 6.07) is 7.07. The van der Waals surface area contributed by atoms with Crippen molar-refractivity contribution in [3.05, 3.63) is 34.9 Å². The zero-order chi connectivity index (χ0) is 16.9. The number of carbonyl (C=O) groups is 1. The lowest BCUT2D eigenvalue weighted by Crippen LogP contribution is -2.72. The third-order valence-electron chi connectivity index (χ3n) is 6.51. The van der Waals surface area contributed by atoms with Crippen LogP contribution in [0, 0.1) is 11.3 Å². The highest BCUT2D eigenvalue weighted by atomic mass is 35.5. The summed E-state index contributed by atoms with van der Waals surface area (Å²) in [5, 5.41) is 14.8. The number of fused-ring (bicyclic) bond motifs is 2. The molecular weight excluding hydrogens is 326 g/mol. The summed E-state index contributed by atoms with van der Waals surface area (Å²) >= 11 is 6.05. The third-order valence-corrected chi connectivity index (χ3v) is 6.75. The number of rotatable bonds is 4. The van der Waals surface area contributed by atoms with Crippen LogP contribution in [0.5, 0.6) is 0 Å². The average molecular weight is 350 g/mol. The van der Waals surface area contributed by atoms with Crippen LogP contribution in [0.2, 0.25) is 5.02 Å². The molecule has 24 heavy (non-hydrogen) atoms. The maximum Gasteiger partial charge on any atom is 0.256 e. The lowest BCUT2D eigenvalue weighted by atomic mass is 9.46. The first-order valence-electron chi connectivity index (χ1n) is 8.92. The first-order valence-corrected chi connectivity index (χ1v) is 9.30. The van der Waals surface area contributed by atoms with E-state index in [0.29, 0.717) is 29.0 Å². The molecule has 1 aromatic rings. The fourth-order valence-corrected chi connectivity index (χ4v) is 5.15. The quantitative estimate of drug-likeness (QED) is 0.878. The minimum absolute atomic E-state index is 0.111. The molecule has 2 saturated carbocycles. The van der Waals surface area contributed by atoms with E-state index in [4.69, 9.17) is 16.3 Å². The van der Waals surface area contributed by atoms with E-state index in [-0.39, 0.29) is 17.4 Å². The van der Waals surface area contributed by atoms with E-state index >= 15 is 0 Å². The summed E-state index contributed by atoms with van der Waals surface area (Å²) in [6.45, 7) is 2.61. The lowest BCUT2D eigenvalue weighted by molar-refractivity contribution is -0.184. The Morgan fingerprint density at radius 1 is 1.50 bits per heavy atom. The van der Waals surface area contributed by atoms with Gasteiger partial charge in [0.15, 0.2) is 5.60 Å². The van der Waals surface area contributed by atoms with Crippen LogP contribution >= 0.6 is 11.6 Å². The molecule has 2 N–H and O–H groups in total. The Hall–Kier alpha value is -1.10. The highest BCUT2D eigenvalue weighted by Crippen LogP contribution is 2.62. The molecule has 5 heteroatoms. The van der Waals surface area contributed by atoms with Crippen molar-refractivity contribution in [1.29, 1.82) is 0 Å². The predicted octanol–water partition coefficient (Wildman–Crippen LogP) is 3.01. The Labute approximate surface area is 147 Å². The number of nitrogens with one attached hydrogen (secondary N) is 1. The van der Waals surface area contributed by atoms with Gasteiger partial charge in [0.05, 0.1) is 6.10 Å². The number of amides is 1. The number of benzene rings is 1. The van der Waals surface area contributed by atoms with Crippen LogP contribution in [-0.2, 0) is 15.1 Å². The molecule has 4 rings (SSSR count). The molecule has 1 saturated heterocycles. The van der Waals surface area contributed by atoms with Gasteiger partial charge in [0, 0.05) is 29.0 Å². The minimum Gasteiger partial charge on any atom is -0.377 e. The SMILES string of the molecule is CC[C@](O)(C(=O)N[C@@H]1[C@H]2CCO[C@H]2C12CCC2)c1cccc(Cl)c1. The molecule has 4 nitrogen and oxygen atoms in total.